The lowest BCUT2D eigenvalue weighted by Crippen LogP contribution is -2.29. The second-order valence-electron chi connectivity index (χ2n) is 16.1. The third-order valence-corrected chi connectivity index (χ3v) is 11.4. The number of unbranched alkanes of at least 4 members (excludes halogenated alkanes) is 21. The maximum absolute atomic E-state index is 12.6. The summed E-state index contributed by atoms with van der Waals surface area (Å²) >= 11 is 0. The van der Waals surface area contributed by atoms with Crippen molar-refractivity contribution in [1.29, 1.82) is 0 Å². The average Bonchev–Trinajstić information content (AvgIpc) is 3.24. The van der Waals surface area contributed by atoms with Crippen molar-refractivity contribution in [2.24, 2.45) is 0 Å². The highest BCUT2D eigenvalue weighted by atomic mass is 31.2. The van der Waals surface area contributed by atoms with Crippen LogP contribution in [0.4, 0.5) is 0 Å². The number of allylic oxidation sites excluding steroid dienone is 12. The summed E-state index contributed by atoms with van der Waals surface area (Å²) in [6.07, 6.45) is 59.9. The SMILES string of the molecule is CC/C=C\C/C=C\C/C=C\C/C=C\C/C=C\C/C=C\CCC(=O)OC(COC(=O)CCCCCCCCCCCCCCCCCCCCCCCC)COP(=O)(O)OCC. The van der Waals surface area contributed by atoms with Gasteiger partial charge in [0.05, 0.1) is 13.2 Å². The van der Waals surface area contributed by atoms with Gasteiger partial charge in [-0.05, 0) is 58.3 Å². The van der Waals surface area contributed by atoms with Crippen LogP contribution in [0.15, 0.2) is 72.9 Å². The summed E-state index contributed by atoms with van der Waals surface area (Å²) < 4.78 is 32.7. The minimum Gasteiger partial charge on any atom is -0.462 e. The van der Waals surface area contributed by atoms with Gasteiger partial charge in [-0.25, -0.2) is 4.57 Å². The molecule has 0 aliphatic rings. The van der Waals surface area contributed by atoms with Crippen LogP contribution in [0.3, 0.4) is 0 Å². The highest BCUT2D eigenvalue weighted by molar-refractivity contribution is 7.47. The summed E-state index contributed by atoms with van der Waals surface area (Å²) in [6, 6.07) is 0. The summed E-state index contributed by atoms with van der Waals surface area (Å²) in [6.45, 7) is 5.30. The van der Waals surface area contributed by atoms with Gasteiger partial charge in [0.25, 0.3) is 0 Å². The third kappa shape index (κ3) is 46.8. The molecule has 352 valence electrons. The minimum atomic E-state index is -4.31. The number of phosphoric acid groups is 1. The summed E-state index contributed by atoms with van der Waals surface area (Å²) in [4.78, 5) is 34.8. The van der Waals surface area contributed by atoms with E-state index in [1.54, 1.807) is 6.92 Å². The topological polar surface area (TPSA) is 108 Å². The number of rotatable bonds is 45. The Labute approximate surface area is 374 Å². The van der Waals surface area contributed by atoms with Gasteiger partial charge in [0.15, 0.2) is 6.10 Å². The van der Waals surface area contributed by atoms with Crippen LogP contribution in [-0.4, -0.2) is 42.8 Å². The zero-order chi connectivity index (χ0) is 44.6. The van der Waals surface area contributed by atoms with Crippen molar-refractivity contribution in [3.05, 3.63) is 72.9 Å². The molecule has 0 aromatic carbocycles. The molecule has 2 unspecified atom stereocenters. The van der Waals surface area contributed by atoms with E-state index in [-0.39, 0.29) is 32.0 Å². The molecule has 0 saturated carbocycles. The van der Waals surface area contributed by atoms with Gasteiger partial charge in [0, 0.05) is 12.8 Å². The van der Waals surface area contributed by atoms with E-state index in [0.29, 0.717) is 6.42 Å². The third-order valence-electron chi connectivity index (χ3n) is 10.3. The van der Waals surface area contributed by atoms with Gasteiger partial charge in [-0.1, -0.05) is 222 Å². The van der Waals surface area contributed by atoms with Crippen molar-refractivity contribution in [3.8, 4) is 0 Å². The van der Waals surface area contributed by atoms with Crippen molar-refractivity contribution in [2.75, 3.05) is 19.8 Å². The van der Waals surface area contributed by atoms with Crippen LogP contribution in [0.2, 0.25) is 0 Å². The fraction of sp³-hybridized carbons (Fsp3) is 0.731. The van der Waals surface area contributed by atoms with E-state index in [1.165, 1.54) is 122 Å². The lowest BCUT2D eigenvalue weighted by molar-refractivity contribution is -0.161. The fourth-order valence-corrected chi connectivity index (χ4v) is 7.47. The molecule has 0 rings (SSSR count). The molecular formula is C52H91O8P. The lowest BCUT2D eigenvalue weighted by Gasteiger charge is -2.19. The molecule has 61 heavy (non-hydrogen) atoms. The van der Waals surface area contributed by atoms with Crippen molar-refractivity contribution >= 4 is 19.8 Å². The summed E-state index contributed by atoms with van der Waals surface area (Å²) in [5.74, 6) is -0.892. The van der Waals surface area contributed by atoms with Gasteiger partial charge in [-0.3, -0.25) is 18.6 Å². The Balaban J connectivity index is 4.08. The second-order valence-corrected chi connectivity index (χ2v) is 17.6. The van der Waals surface area contributed by atoms with E-state index in [2.05, 4.69) is 74.6 Å². The highest BCUT2D eigenvalue weighted by Crippen LogP contribution is 2.43. The molecule has 2 atom stereocenters. The Morgan fingerprint density at radius 2 is 0.836 bits per heavy atom. The van der Waals surface area contributed by atoms with Crippen LogP contribution in [0.1, 0.15) is 220 Å². The first-order valence-electron chi connectivity index (χ1n) is 24.7. The number of hydrogen-bond acceptors (Lipinski definition) is 7. The predicted octanol–water partition coefficient (Wildman–Crippen LogP) is 16.1. The van der Waals surface area contributed by atoms with Crippen LogP contribution in [0, 0.1) is 0 Å². The number of carbonyl (C=O) groups is 2. The first kappa shape index (κ1) is 58.5. The van der Waals surface area contributed by atoms with Gasteiger partial charge in [0.1, 0.15) is 6.61 Å². The maximum atomic E-state index is 12.6. The van der Waals surface area contributed by atoms with Gasteiger partial charge in [-0.2, -0.15) is 0 Å². The van der Waals surface area contributed by atoms with Gasteiger partial charge in [-0.15, -0.1) is 0 Å². The molecule has 0 spiro atoms. The van der Waals surface area contributed by atoms with Crippen molar-refractivity contribution < 1.29 is 37.6 Å². The molecule has 0 heterocycles. The molecule has 0 saturated heterocycles. The molecule has 8 nitrogen and oxygen atoms in total. The van der Waals surface area contributed by atoms with Crippen LogP contribution < -0.4 is 0 Å². The van der Waals surface area contributed by atoms with E-state index in [1.807, 2.05) is 12.2 Å². The van der Waals surface area contributed by atoms with Gasteiger partial charge in [0.2, 0.25) is 0 Å². The zero-order valence-corrected chi connectivity index (χ0v) is 40.2. The Bertz CT molecular complexity index is 1220. The number of hydrogen-bond donors (Lipinski definition) is 1. The predicted molar refractivity (Wildman–Crippen MR) is 258 cm³/mol. The maximum Gasteiger partial charge on any atom is 0.472 e. The van der Waals surface area contributed by atoms with Crippen molar-refractivity contribution in [3.63, 3.8) is 0 Å². The van der Waals surface area contributed by atoms with E-state index in [0.717, 1.165) is 57.8 Å². The second kappa shape index (κ2) is 47.0. The van der Waals surface area contributed by atoms with Crippen molar-refractivity contribution in [2.45, 2.75) is 226 Å². The molecule has 0 aromatic heterocycles. The van der Waals surface area contributed by atoms with Crippen LogP contribution in [0.5, 0.6) is 0 Å². The number of ether oxygens (including phenoxy) is 2. The smallest absolute Gasteiger partial charge is 0.462 e. The van der Waals surface area contributed by atoms with Gasteiger partial charge < -0.3 is 14.4 Å². The molecule has 0 amide bonds. The quantitative estimate of drug-likeness (QED) is 0.0279. The highest BCUT2D eigenvalue weighted by Gasteiger charge is 2.25. The molecule has 9 heteroatoms. The normalized spacial score (nSPS) is 13.8. The average molecular weight is 875 g/mol. The Hall–Kier alpha value is -2.51. The molecule has 1 N–H and O–H groups in total. The monoisotopic (exact) mass is 875 g/mol. The molecule has 0 bridgehead atoms. The van der Waals surface area contributed by atoms with Gasteiger partial charge >= 0.3 is 19.8 Å². The lowest BCUT2D eigenvalue weighted by atomic mass is 10.0. The van der Waals surface area contributed by atoms with Crippen LogP contribution in [0.25, 0.3) is 0 Å². The first-order valence-corrected chi connectivity index (χ1v) is 26.2. The van der Waals surface area contributed by atoms with E-state index < -0.39 is 26.5 Å². The number of esters is 2. The summed E-state index contributed by atoms with van der Waals surface area (Å²) in [5, 5.41) is 0. The minimum absolute atomic E-state index is 0.0152. The van der Waals surface area contributed by atoms with Crippen LogP contribution >= 0.6 is 7.82 Å². The number of carbonyl (C=O) groups excluding carboxylic acids is 2. The first-order chi connectivity index (χ1) is 29.8. The van der Waals surface area contributed by atoms with E-state index in [9.17, 15) is 19.0 Å². The molecule has 0 radical (unpaired) electrons. The van der Waals surface area contributed by atoms with Crippen molar-refractivity contribution in [1.82, 2.24) is 0 Å². The zero-order valence-electron chi connectivity index (χ0n) is 39.3. The standard InChI is InChI=1S/C52H91O8P/c1-4-7-9-11-13-15-17-19-21-23-25-26-27-29-30-32-34-36-38-40-42-44-46-51(53)57-48-50(49-59-61(55,56)58-6-3)60-52(54)47-45-43-41-39-37-35-33-31-28-24-22-20-18-16-14-12-10-8-5-2/h8,10,14,16,20,22,28,31,35,37,41,43,50H,4-7,9,11-13,15,17-19,21,23-27,29-30,32-34,36,38-40,42,44-49H2,1-3H3,(H,55,56)/b10-8-,16-14-,22-20-,31-28-,37-35-,43-41-. The Morgan fingerprint density at radius 3 is 1.23 bits per heavy atom. The summed E-state index contributed by atoms with van der Waals surface area (Å²) in [5.41, 5.74) is 0. The molecular weight excluding hydrogens is 784 g/mol. The summed E-state index contributed by atoms with van der Waals surface area (Å²) in [7, 11) is -4.31. The van der Waals surface area contributed by atoms with E-state index in [4.69, 9.17) is 18.5 Å². The molecule has 0 aliphatic heterocycles. The Morgan fingerprint density at radius 1 is 0.459 bits per heavy atom. The molecule has 0 aromatic rings. The Kier molecular flexibility index (Phi) is 45.0. The fourth-order valence-electron chi connectivity index (χ4n) is 6.72. The molecule has 0 fully saturated rings. The van der Waals surface area contributed by atoms with E-state index >= 15 is 0 Å². The number of phosphoric ester groups is 1. The van der Waals surface area contributed by atoms with Crippen LogP contribution in [-0.2, 0) is 32.7 Å². The largest absolute Gasteiger partial charge is 0.472 e. The molecule has 0 aliphatic carbocycles.